The van der Waals surface area contributed by atoms with Crippen LogP contribution < -0.4 is 0 Å². The lowest BCUT2D eigenvalue weighted by Crippen LogP contribution is -2.14. The van der Waals surface area contributed by atoms with E-state index >= 15 is 0 Å². The lowest BCUT2D eigenvalue weighted by Gasteiger charge is -2.16. The summed E-state index contributed by atoms with van der Waals surface area (Å²) in [4.78, 5) is 8.37. The highest BCUT2D eigenvalue weighted by molar-refractivity contribution is 6.38. The average molecular weight is 193 g/mol. The molecule has 0 amide bonds. The third-order valence-corrected chi connectivity index (χ3v) is 2.60. The Bertz CT molecular complexity index is 225. The molecule has 0 atom stereocenters. The summed E-state index contributed by atoms with van der Waals surface area (Å²) < 4.78 is 0. The van der Waals surface area contributed by atoms with E-state index in [1.165, 1.54) is 0 Å². The highest BCUT2D eigenvalue weighted by Gasteiger charge is 2.16. The number of hydrogen-bond donors (Lipinski definition) is 0. The van der Waals surface area contributed by atoms with Gasteiger partial charge >= 0.3 is 0 Å². The second-order valence-corrected chi connectivity index (χ2v) is 4.98. The van der Waals surface area contributed by atoms with Crippen LogP contribution in [0.1, 0.15) is 54.4 Å². The van der Waals surface area contributed by atoms with Crippen LogP contribution in [-0.4, -0.2) is 19.0 Å². The third-order valence-electron chi connectivity index (χ3n) is 2.60. The Hall–Kier alpha value is -0.555. The Morgan fingerprint density at radius 3 is 2.07 bits per heavy atom. The van der Waals surface area contributed by atoms with E-state index < -0.39 is 0 Å². The van der Waals surface area contributed by atoms with Crippen molar-refractivity contribution in [3.8, 4) is 0 Å². The molecule has 0 aliphatic heterocycles. The van der Waals surface area contributed by atoms with E-state index in [0.29, 0.717) is 0 Å². The second-order valence-electron chi connectivity index (χ2n) is 4.98. The average Bonchev–Trinajstić information content (AvgIpc) is 2.13. The summed E-state index contributed by atoms with van der Waals surface area (Å²) in [5.41, 5.74) is -0.0340. The van der Waals surface area contributed by atoms with Gasteiger partial charge in [0.2, 0.25) is 0 Å². The number of aliphatic imine (C=N–C) groups is 1. The summed E-state index contributed by atoms with van der Waals surface area (Å²) in [7, 11) is 1.92. The molecule has 0 aliphatic rings. The first kappa shape index (κ1) is 13.4. The summed E-state index contributed by atoms with van der Waals surface area (Å²) in [5, 5.41) is 0.152. The molecule has 0 aromatic carbocycles. The van der Waals surface area contributed by atoms with Gasteiger partial charge < -0.3 is 0 Å². The molecule has 2 nitrogen and oxygen atoms in total. The zero-order valence-corrected chi connectivity index (χ0v) is 10.4. The fourth-order valence-corrected chi connectivity index (χ4v) is 0.538. The molecule has 79 valence electrons. The molecule has 0 unspecified atom stereocenters. The lowest BCUT2D eigenvalue weighted by atomic mass is 9.62. The van der Waals surface area contributed by atoms with Gasteiger partial charge in [-0.3, -0.25) is 4.90 Å². The largest absolute Gasteiger partial charge is 0.296 e. The van der Waals surface area contributed by atoms with Crippen LogP contribution in [0.15, 0.2) is 9.90 Å². The van der Waals surface area contributed by atoms with Crippen LogP contribution in [0.5, 0.6) is 0 Å². The van der Waals surface area contributed by atoms with Crippen LogP contribution in [0.3, 0.4) is 0 Å². The van der Waals surface area contributed by atoms with E-state index in [2.05, 4.69) is 57.4 Å². The van der Waals surface area contributed by atoms with Crippen molar-refractivity contribution >= 4 is 13.4 Å². The molecule has 14 heavy (non-hydrogen) atoms. The molecule has 0 spiro atoms. The molecule has 0 aliphatic carbocycles. The summed E-state index contributed by atoms with van der Waals surface area (Å²) in [6, 6.07) is 2.76. The maximum absolute atomic E-state index is 4.26. The second kappa shape index (κ2) is 5.36. The zero-order valence-electron chi connectivity index (χ0n) is 10.4. The normalized spacial score (nSPS) is 11.9. The van der Waals surface area contributed by atoms with E-state index in [9.17, 15) is 0 Å². The van der Waals surface area contributed by atoms with Crippen LogP contribution in [0.2, 0.25) is 5.31 Å². The van der Waals surface area contributed by atoms with Crippen LogP contribution in [-0.2, 0) is 0 Å². The third kappa shape index (κ3) is 5.98. The molecule has 3 heteroatoms. The van der Waals surface area contributed by atoms with Gasteiger partial charge in [-0.05, 0) is 25.6 Å². The molecule has 0 saturated carbocycles. The van der Waals surface area contributed by atoms with Crippen molar-refractivity contribution in [1.82, 2.24) is 0 Å². The van der Waals surface area contributed by atoms with Crippen LogP contribution in [0.4, 0.5) is 0 Å². The van der Waals surface area contributed by atoms with Gasteiger partial charge in [0.25, 0.3) is 7.41 Å². The van der Waals surface area contributed by atoms with Crippen molar-refractivity contribution in [2.75, 3.05) is 0 Å². The van der Waals surface area contributed by atoms with Crippen LogP contribution in [0.25, 0.3) is 0 Å². The van der Waals surface area contributed by atoms with Gasteiger partial charge in [-0.15, -0.1) is 0 Å². The predicted molar refractivity (Wildman–Crippen MR) is 64.3 cm³/mol. The van der Waals surface area contributed by atoms with Gasteiger partial charge in [0.15, 0.2) is 0 Å². The molecular weight excluding hydrogens is 171 g/mol. The lowest BCUT2D eigenvalue weighted by molar-refractivity contribution is 0.508. The highest BCUT2D eigenvalue weighted by Crippen LogP contribution is 2.26. The van der Waals surface area contributed by atoms with Crippen molar-refractivity contribution in [3.63, 3.8) is 0 Å². The first-order valence-electron chi connectivity index (χ1n) is 5.34. The SMILES string of the molecule is CCC(C)(C)[B]N=C=NC(C)(C)CC. The molecule has 0 aromatic heterocycles. The Balaban J connectivity index is 4.19. The summed E-state index contributed by atoms with van der Waals surface area (Å²) in [5.74, 6) is 0. The van der Waals surface area contributed by atoms with Gasteiger partial charge in [0.05, 0.1) is 11.5 Å². The van der Waals surface area contributed by atoms with Crippen LogP contribution in [0, 0.1) is 0 Å². The molecule has 0 aromatic rings. The Morgan fingerprint density at radius 1 is 1.07 bits per heavy atom. The van der Waals surface area contributed by atoms with Crippen LogP contribution >= 0.6 is 0 Å². The maximum atomic E-state index is 4.26. The molecule has 0 bridgehead atoms. The molecule has 0 fully saturated rings. The number of hydrogen-bond acceptors (Lipinski definition) is 2. The molecule has 0 N–H and O–H groups in total. The number of nitrogens with zero attached hydrogens (tertiary/aromatic N) is 2. The van der Waals surface area contributed by atoms with Gasteiger partial charge in [0, 0.05) is 0 Å². The van der Waals surface area contributed by atoms with Gasteiger partial charge in [0.1, 0.15) is 0 Å². The monoisotopic (exact) mass is 193 g/mol. The van der Waals surface area contributed by atoms with E-state index in [1.54, 1.807) is 0 Å². The summed E-state index contributed by atoms with van der Waals surface area (Å²) in [6.07, 6.45) is 2.09. The first-order valence-corrected chi connectivity index (χ1v) is 5.34. The topological polar surface area (TPSA) is 24.7 Å². The minimum absolute atomic E-state index is 0.0340. The minimum Gasteiger partial charge on any atom is -0.294 e. The van der Waals surface area contributed by atoms with Crippen molar-refractivity contribution in [3.05, 3.63) is 0 Å². The van der Waals surface area contributed by atoms with Crippen molar-refractivity contribution in [2.45, 2.75) is 65.2 Å². The summed E-state index contributed by atoms with van der Waals surface area (Å²) in [6.45, 7) is 12.7. The Kier molecular flexibility index (Phi) is 5.14. The molecule has 0 rings (SSSR count). The van der Waals surface area contributed by atoms with Gasteiger partial charge in [-0.1, -0.05) is 34.1 Å². The van der Waals surface area contributed by atoms with Crippen molar-refractivity contribution in [2.24, 2.45) is 9.90 Å². The molecule has 0 heterocycles. The minimum atomic E-state index is -0.0340. The van der Waals surface area contributed by atoms with Gasteiger partial charge in [-0.2, -0.15) is 0 Å². The fourth-order valence-electron chi connectivity index (χ4n) is 0.538. The Morgan fingerprint density at radius 2 is 1.64 bits per heavy atom. The van der Waals surface area contributed by atoms with Crippen molar-refractivity contribution < 1.29 is 0 Å². The molecular formula is C11H22BN2. The molecule has 1 radical (unpaired) electrons. The van der Waals surface area contributed by atoms with Crippen molar-refractivity contribution in [1.29, 1.82) is 0 Å². The molecule has 0 saturated heterocycles. The van der Waals surface area contributed by atoms with E-state index in [0.717, 1.165) is 12.8 Å². The predicted octanol–water partition coefficient (Wildman–Crippen LogP) is 3.58. The Labute approximate surface area is 89.2 Å². The fraction of sp³-hybridized carbons (Fsp3) is 0.909. The maximum Gasteiger partial charge on any atom is 0.296 e. The summed E-state index contributed by atoms with van der Waals surface area (Å²) >= 11 is 0. The zero-order chi connectivity index (χ0) is 11.2. The van der Waals surface area contributed by atoms with E-state index in [1.807, 2.05) is 7.41 Å². The number of rotatable bonds is 5. The quantitative estimate of drug-likeness (QED) is 0.471. The first-order chi connectivity index (χ1) is 6.33. The smallest absolute Gasteiger partial charge is 0.294 e. The van der Waals surface area contributed by atoms with E-state index in [4.69, 9.17) is 0 Å². The highest BCUT2D eigenvalue weighted by atomic mass is 14.8. The standard InChI is InChI=1S/C11H22BN2/c1-7-10(3,4)12-14-9-13-11(5,6)8-2/h7-8H2,1-6H3. The van der Waals surface area contributed by atoms with E-state index in [-0.39, 0.29) is 10.9 Å². The van der Waals surface area contributed by atoms with Gasteiger partial charge in [-0.25, -0.2) is 4.99 Å².